The highest BCUT2D eigenvalue weighted by Crippen LogP contribution is 2.43. The first-order valence-corrected chi connectivity index (χ1v) is 7.96. The maximum absolute atomic E-state index is 12.4. The van der Waals surface area contributed by atoms with E-state index in [9.17, 15) is 8.42 Å². The summed E-state index contributed by atoms with van der Waals surface area (Å²) in [6.07, 6.45) is 0.968. The molecule has 0 saturated heterocycles. The molecule has 0 spiro atoms. The van der Waals surface area contributed by atoms with Crippen molar-refractivity contribution >= 4 is 9.84 Å². The van der Waals surface area contributed by atoms with E-state index in [0.717, 1.165) is 17.5 Å². The summed E-state index contributed by atoms with van der Waals surface area (Å²) in [6.45, 7) is 4.33. The Morgan fingerprint density at radius 1 is 0.947 bits per heavy atom. The van der Waals surface area contributed by atoms with Crippen molar-refractivity contribution in [2.75, 3.05) is 0 Å². The Bertz CT molecular complexity index is 743. The molecule has 1 aliphatic rings. The minimum absolute atomic E-state index is 0.437. The molecular formula is C16H16O2S. The molecule has 2 nitrogen and oxygen atoms in total. The van der Waals surface area contributed by atoms with Crippen molar-refractivity contribution in [2.24, 2.45) is 5.92 Å². The molecule has 3 heteroatoms. The predicted octanol–water partition coefficient (Wildman–Crippen LogP) is 3.70. The molecule has 3 rings (SSSR count). The molecule has 0 unspecified atom stereocenters. The van der Waals surface area contributed by atoms with Gasteiger partial charge in [-0.05, 0) is 36.1 Å². The van der Waals surface area contributed by atoms with Crippen molar-refractivity contribution in [2.45, 2.75) is 30.1 Å². The van der Waals surface area contributed by atoms with E-state index < -0.39 is 9.84 Å². The zero-order valence-corrected chi connectivity index (χ0v) is 11.9. The number of hydrogen-bond acceptors (Lipinski definition) is 2. The molecular weight excluding hydrogens is 256 g/mol. The molecule has 0 bridgehead atoms. The first-order chi connectivity index (χ1) is 9.00. The molecule has 2 aromatic rings. The highest BCUT2D eigenvalue weighted by molar-refractivity contribution is 7.92. The van der Waals surface area contributed by atoms with Crippen LogP contribution >= 0.6 is 0 Å². The van der Waals surface area contributed by atoms with Gasteiger partial charge in [-0.1, -0.05) is 38.1 Å². The summed E-state index contributed by atoms with van der Waals surface area (Å²) >= 11 is 0. The summed E-state index contributed by atoms with van der Waals surface area (Å²) in [5.74, 6) is 0.561. The fourth-order valence-corrected chi connectivity index (χ4v) is 4.33. The largest absolute Gasteiger partial charge is 0.218 e. The smallest absolute Gasteiger partial charge is 0.207 e. The molecule has 0 atom stereocenters. The number of fused-ring (bicyclic) bond motifs is 3. The lowest BCUT2D eigenvalue weighted by Crippen LogP contribution is -1.98. The molecule has 0 radical (unpaired) electrons. The lowest BCUT2D eigenvalue weighted by atomic mass is 9.98. The summed E-state index contributed by atoms with van der Waals surface area (Å²) in [7, 11) is -3.31. The maximum atomic E-state index is 12.4. The molecule has 0 amide bonds. The molecule has 0 aromatic heterocycles. The average Bonchev–Trinajstić information content (AvgIpc) is 2.59. The zero-order valence-electron chi connectivity index (χ0n) is 11.1. The molecule has 1 heterocycles. The molecule has 19 heavy (non-hydrogen) atoms. The predicted molar refractivity (Wildman–Crippen MR) is 75.9 cm³/mol. The van der Waals surface area contributed by atoms with Crippen LogP contribution < -0.4 is 0 Å². The van der Waals surface area contributed by atoms with E-state index in [1.54, 1.807) is 18.2 Å². The first kappa shape index (κ1) is 12.4. The zero-order chi connectivity index (χ0) is 13.6. The van der Waals surface area contributed by atoms with Crippen LogP contribution in [0, 0.1) is 5.92 Å². The Balaban J connectivity index is 2.23. The third-order valence-corrected chi connectivity index (χ3v) is 5.31. The standard InChI is InChI=1S/C16H16O2S/c1-11(2)9-12-7-8-16-14(10-12)13-5-3-4-6-15(13)19(16,17)18/h3-8,10-11H,9H2,1-2H3. The lowest BCUT2D eigenvalue weighted by Gasteiger charge is -2.07. The maximum Gasteiger partial charge on any atom is 0.207 e. The fourth-order valence-electron chi connectivity index (χ4n) is 2.66. The van der Waals surface area contributed by atoms with Gasteiger partial charge in [-0.25, -0.2) is 8.42 Å². The molecule has 1 aliphatic heterocycles. The molecule has 98 valence electrons. The normalized spacial score (nSPS) is 15.3. The topological polar surface area (TPSA) is 34.1 Å². The van der Waals surface area contributed by atoms with E-state index in [-0.39, 0.29) is 0 Å². The summed E-state index contributed by atoms with van der Waals surface area (Å²) < 4.78 is 24.8. The van der Waals surface area contributed by atoms with Gasteiger partial charge in [-0.15, -0.1) is 0 Å². The van der Waals surface area contributed by atoms with Crippen LogP contribution in [0.15, 0.2) is 52.3 Å². The molecule has 0 saturated carbocycles. The highest BCUT2D eigenvalue weighted by atomic mass is 32.2. The number of rotatable bonds is 2. The number of sulfone groups is 1. The lowest BCUT2D eigenvalue weighted by molar-refractivity contribution is 0.598. The molecule has 0 N–H and O–H groups in total. The van der Waals surface area contributed by atoms with E-state index in [4.69, 9.17) is 0 Å². The van der Waals surface area contributed by atoms with Crippen LogP contribution in [-0.2, 0) is 16.3 Å². The summed E-state index contributed by atoms with van der Waals surface area (Å²) in [5, 5.41) is 0. The van der Waals surface area contributed by atoms with E-state index in [1.807, 2.05) is 24.3 Å². The quantitative estimate of drug-likeness (QED) is 0.713. The second kappa shape index (κ2) is 4.20. The first-order valence-electron chi connectivity index (χ1n) is 6.47. The summed E-state index contributed by atoms with van der Waals surface area (Å²) in [6, 6.07) is 12.9. The van der Waals surface area contributed by atoms with Crippen LogP contribution in [-0.4, -0.2) is 8.42 Å². The van der Waals surface area contributed by atoms with Crippen LogP contribution in [0.1, 0.15) is 19.4 Å². The molecule has 0 fully saturated rings. The van der Waals surface area contributed by atoms with E-state index in [0.29, 0.717) is 15.7 Å². The van der Waals surface area contributed by atoms with Gasteiger partial charge >= 0.3 is 0 Å². The van der Waals surface area contributed by atoms with Gasteiger partial charge in [0.15, 0.2) is 0 Å². The van der Waals surface area contributed by atoms with Crippen molar-refractivity contribution < 1.29 is 8.42 Å². The van der Waals surface area contributed by atoms with Gasteiger partial charge < -0.3 is 0 Å². The van der Waals surface area contributed by atoms with Crippen molar-refractivity contribution in [3.05, 3.63) is 48.0 Å². The minimum Gasteiger partial charge on any atom is -0.218 e. The Morgan fingerprint density at radius 2 is 1.63 bits per heavy atom. The van der Waals surface area contributed by atoms with Crippen LogP contribution in [0.5, 0.6) is 0 Å². The van der Waals surface area contributed by atoms with E-state index >= 15 is 0 Å². The van der Waals surface area contributed by atoms with Crippen molar-refractivity contribution in [3.8, 4) is 11.1 Å². The van der Waals surface area contributed by atoms with Crippen LogP contribution in [0.2, 0.25) is 0 Å². The Hall–Kier alpha value is -1.61. The second-order valence-electron chi connectivity index (χ2n) is 5.43. The van der Waals surface area contributed by atoms with Gasteiger partial charge in [0, 0.05) is 11.1 Å². The monoisotopic (exact) mass is 272 g/mol. The Kier molecular flexibility index (Phi) is 2.75. The van der Waals surface area contributed by atoms with Gasteiger partial charge in [-0.2, -0.15) is 0 Å². The summed E-state index contributed by atoms with van der Waals surface area (Å²) in [5.41, 5.74) is 2.89. The Morgan fingerprint density at radius 3 is 2.37 bits per heavy atom. The second-order valence-corrected chi connectivity index (χ2v) is 7.31. The third kappa shape index (κ3) is 1.89. The van der Waals surface area contributed by atoms with Crippen molar-refractivity contribution in [3.63, 3.8) is 0 Å². The van der Waals surface area contributed by atoms with Crippen LogP contribution in [0.25, 0.3) is 11.1 Å². The average molecular weight is 272 g/mol. The summed E-state index contributed by atoms with van der Waals surface area (Å²) in [4.78, 5) is 0.882. The van der Waals surface area contributed by atoms with Crippen LogP contribution in [0.4, 0.5) is 0 Å². The van der Waals surface area contributed by atoms with E-state index in [2.05, 4.69) is 13.8 Å². The third-order valence-electron chi connectivity index (χ3n) is 3.44. The van der Waals surface area contributed by atoms with E-state index in [1.165, 1.54) is 5.56 Å². The fraction of sp³-hybridized carbons (Fsp3) is 0.250. The van der Waals surface area contributed by atoms with Gasteiger partial charge in [-0.3, -0.25) is 0 Å². The highest BCUT2D eigenvalue weighted by Gasteiger charge is 2.32. The van der Waals surface area contributed by atoms with Gasteiger partial charge in [0.25, 0.3) is 0 Å². The van der Waals surface area contributed by atoms with Gasteiger partial charge in [0.1, 0.15) is 0 Å². The Labute approximate surface area is 114 Å². The van der Waals surface area contributed by atoms with Crippen molar-refractivity contribution in [1.82, 2.24) is 0 Å². The van der Waals surface area contributed by atoms with Gasteiger partial charge in [0.2, 0.25) is 9.84 Å². The number of hydrogen-bond donors (Lipinski definition) is 0. The minimum atomic E-state index is -3.31. The van der Waals surface area contributed by atoms with Gasteiger partial charge in [0.05, 0.1) is 9.79 Å². The van der Waals surface area contributed by atoms with Crippen LogP contribution in [0.3, 0.4) is 0 Å². The SMILES string of the molecule is CC(C)Cc1ccc2c(c1)-c1ccccc1S2(=O)=O. The van der Waals surface area contributed by atoms with Crippen molar-refractivity contribution in [1.29, 1.82) is 0 Å². The molecule has 0 aliphatic carbocycles. The number of benzene rings is 2. The molecule has 2 aromatic carbocycles.